The molecular weight excluding hydrogens is 478 g/mol. The summed E-state index contributed by atoms with van der Waals surface area (Å²) in [5.41, 5.74) is 3.09. The van der Waals surface area contributed by atoms with Crippen LogP contribution >= 0.6 is 11.3 Å². The van der Waals surface area contributed by atoms with Crippen LogP contribution in [0.15, 0.2) is 63.5 Å². The molecule has 1 atom stereocenters. The highest BCUT2D eigenvalue weighted by Gasteiger charge is 2.33. The Kier molecular flexibility index (Phi) is 7.30. The van der Waals surface area contributed by atoms with E-state index in [0.29, 0.717) is 38.5 Å². The fourth-order valence-electron chi connectivity index (χ4n) is 4.10. The molecule has 0 radical (unpaired) electrons. The van der Waals surface area contributed by atoms with Gasteiger partial charge in [0, 0.05) is 19.8 Å². The summed E-state index contributed by atoms with van der Waals surface area (Å²) in [7, 11) is 3.90. The maximum absolute atomic E-state index is 13.7. The van der Waals surface area contributed by atoms with Crippen LogP contribution < -0.4 is 24.5 Å². The Morgan fingerprint density at radius 1 is 1.17 bits per heavy atom. The lowest BCUT2D eigenvalue weighted by molar-refractivity contribution is -0.139. The van der Waals surface area contributed by atoms with Crippen molar-refractivity contribution in [2.24, 2.45) is 4.99 Å². The lowest BCUT2D eigenvalue weighted by Crippen LogP contribution is -2.39. The van der Waals surface area contributed by atoms with E-state index in [9.17, 15) is 14.7 Å². The van der Waals surface area contributed by atoms with Gasteiger partial charge in [0.2, 0.25) is 0 Å². The van der Waals surface area contributed by atoms with E-state index in [1.54, 1.807) is 36.6 Å². The second-order valence-corrected chi connectivity index (χ2v) is 9.46. The fraction of sp³-hybridized carbons (Fsp3) is 0.296. The van der Waals surface area contributed by atoms with Gasteiger partial charge in [0.1, 0.15) is 0 Å². The molecule has 1 aromatic heterocycles. The SMILES string of the molecule is CCOC(=O)C1=C(C)N=c2sc(=Cc3ccc(O)c(OCC)c3)c(=O)n2[C@H]1c1ccc(N(C)C)cc1. The number of hydrogen-bond donors (Lipinski definition) is 1. The molecule has 2 aromatic carbocycles. The van der Waals surface area contributed by atoms with E-state index in [1.807, 2.05) is 50.2 Å². The number of rotatable bonds is 7. The summed E-state index contributed by atoms with van der Waals surface area (Å²) < 4.78 is 12.8. The zero-order valence-electron chi connectivity index (χ0n) is 20.9. The van der Waals surface area contributed by atoms with Gasteiger partial charge in [0.15, 0.2) is 16.3 Å². The number of fused-ring (bicyclic) bond motifs is 1. The number of esters is 1. The van der Waals surface area contributed by atoms with Gasteiger partial charge in [0.05, 0.1) is 35.1 Å². The number of anilines is 1. The van der Waals surface area contributed by atoms with Crippen molar-refractivity contribution in [3.05, 3.63) is 84.5 Å². The largest absolute Gasteiger partial charge is 0.504 e. The zero-order chi connectivity index (χ0) is 26.0. The zero-order valence-corrected chi connectivity index (χ0v) is 21.8. The van der Waals surface area contributed by atoms with Crippen LogP contribution in [-0.2, 0) is 9.53 Å². The third kappa shape index (κ3) is 4.79. The first-order valence-electron chi connectivity index (χ1n) is 11.7. The van der Waals surface area contributed by atoms with Crippen LogP contribution in [0.4, 0.5) is 5.69 Å². The minimum atomic E-state index is -0.669. The molecule has 1 aliphatic rings. The lowest BCUT2D eigenvalue weighted by Gasteiger charge is -2.25. The molecule has 4 rings (SSSR count). The number of phenolic OH excluding ortho intramolecular Hbond substituents is 1. The highest BCUT2D eigenvalue weighted by atomic mass is 32.1. The number of benzene rings is 2. The van der Waals surface area contributed by atoms with Crippen molar-refractivity contribution in [1.29, 1.82) is 0 Å². The molecular formula is C27H29N3O5S. The number of aromatic hydroxyl groups is 1. The summed E-state index contributed by atoms with van der Waals surface area (Å²) in [6.45, 7) is 5.96. The average molecular weight is 508 g/mol. The Bertz CT molecular complexity index is 1500. The number of aromatic nitrogens is 1. The smallest absolute Gasteiger partial charge is 0.338 e. The van der Waals surface area contributed by atoms with Crippen molar-refractivity contribution in [1.82, 2.24) is 4.57 Å². The van der Waals surface area contributed by atoms with Crippen LogP contribution in [0.25, 0.3) is 6.08 Å². The van der Waals surface area contributed by atoms with Crippen molar-refractivity contribution in [3.8, 4) is 11.5 Å². The maximum Gasteiger partial charge on any atom is 0.338 e. The monoisotopic (exact) mass is 507 g/mol. The molecule has 1 aliphatic heterocycles. The molecule has 0 unspecified atom stereocenters. The van der Waals surface area contributed by atoms with Crippen LogP contribution in [0.1, 0.15) is 37.9 Å². The third-order valence-electron chi connectivity index (χ3n) is 5.82. The number of nitrogens with zero attached hydrogens (tertiary/aromatic N) is 3. The van der Waals surface area contributed by atoms with E-state index in [-0.39, 0.29) is 17.9 Å². The van der Waals surface area contributed by atoms with Crippen molar-refractivity contribution < 1.29 is 19.4 Å². The lowest BCUT2D eigenvalue weighted by atomic mass is 9.95. The highest BCUT2D eigenvalue weighted by molar-refractivity contribution is 7.07. The molecule has 1 N–H and O–H groups in total. The number of hydrogen-bond acceptors (Lipinski definition) is 8. The minimum absolute atomic E-state index is 0.0336. The Balaban J connectivity index is 1.90. The molecule has 3 aromatic rings. The van der Waals surface area contributed by atoms with Crippen molar-refractivity contribution in [3.63, 3.8) is 0 Å². The van der Waals surface area contributed by atoms with E-state index in [0.717, 1.165) is 11.3 Å². The van der Waals surface area contributed by atoms with E-state index in [4.69, 9.17) is 9.47 Å². The minimum Gasteiger partial charge on any atom is -0.504 e. The van der Waals surface area contributed by atoms with Gasteiger partial charge in [-0.05, 0) is 62.2 Å². The van der Waals surface area contributed by atoms with Crippen LogP contribution in [-0.4, -0.2) is 43.0 Å². The molecule has 0 spiro atoms. The quantitative estimate of drug-likeness (QED) is 0.495. The summed E-state index contributed by atoms with van der Waals surface area (Å²) in [5.74, 6) is -0.112. The summed E-state index contributed by atoms with van der Waals surface area (Å²) in [6, 6.07) is 12.0. The second kappa shape index (κ2) is 10.4. The molecule has 0 bridgehead atoms. The number of phenols is 1. The average Bonchev–Trinajstić information content (AvgIpc) is 3.15. The highest BCUT2D eigenvalue weighted by Crippen LogP contribution is 2.32. The topological polar surface area (TPSA) is 93.4 Å². The van der Waals surface area contributed by atoms with Gasteiger partial charge in [0.25, 0.3) is 5.56 Å². The number of allylic oxidation sites excluding steroid dienone is 1. The maximum atomic E-state index is 13.7. The molecule has 9 heteroatoms. The molecule has 8 nitrogen and oxygen atoms in total. The van der Waals surface area contributed by atoms with Crippen LogP contribution in [0, 0.1) is 0 Å². The van der Waals surface area contributed by atoms with Crippen molar-refractivity contribution in [2.45, 2.75) is 26.8 Å². The molecule has 0 saturated carbocycles. The first-order valence-corrected chi connectivity index (χ1v) is 12.5. The van der Waals surface area contributed by atoms with E-state index >= 15 is 0 Å². The van der Waals surface area contributed by atoms with Crippen molar-refractivity contribution in [2.75, 3.05) is 32.2 Å². The van der Waals surface area contributed by atoms with Gasteiger partial charge in [-0.3, -0.25) is 9.36 Å². The van der Waals surface area contributed by atoms with Gasteiger partial charge >= 0.3 is 5.97 Å². The Morgan fingerprint density at radius 3 is 2.53 bits per heavy atom. The third-order valence-corrected chi connectivity index (χ3v) is 6.81. The Hall–Kier alpha value is -3.85. The standard InChI is InChI=1S/C27H29N3O5S/c1-6-34-21-14-17(8-13-20(21)31)15-22-25(32)30-24(18-9-11-19(12-10-18)29(4)5)23(26(33)35-7-2)16(3)28-27(30)36-22/h8-15,24,31H,6-7H2,1-5H3/t24-/m0/s1. The first kappa shape index (κ1) is 25.2. The molecule has 0 saturated heterocycles. The van der Waals surface area contributed by atoms with E-state index < -0.39 is 12.0 Å². The molecule has 36 heavy (non-hydrogen) atoms. The number of ether oxygens (including phenoxy) is 2. The molecule has 188 valence electrons. The van der Waals surface area contributed by atoms with Crippen LogP contribution in [0.3, 0.4) is 0 Å². The molecule has 0 aliphatic carbocycles. The van der Waals surface area contributed by atoms with E-state index in [2.05, 4.69) is 4.99 Å². The van der Waals surface area contributed by atoms with Gasteiger partial charge in [-0.2, -0.15) is 0 Å². The van der Waals surface area contributed by atoms with E-state index in [1.165, 1.54) is 17.4 Å². The summed E-state index contributed by atoms with van der Waals surface area (Å²) >= 11 is 1.25. The molecule has 0 amide bonds. The second-order valence-electron chi connectivity index (χ2n) is 8.45. The Labute approximate surface area is 213 Å². The summed E-state index contributed by atoms with van der Waals surface area (Å²) in [5, 5.41) is 10.0. The normalized spacial score (nSPS) is 15.4. The molecule has 0 fully saturated rings. The number of carbonyl (C=O) groups excluding carboxylic acids is 1. The van der Waals surface area contributed by atoms with Gasteiger partial charge in [-0.25, -0.2) is 9.79 Å². The summed E-state index contributed by atoms with van der Waals surface area (Å²) in [4.78, 5) is 33.8. The predicted molar refractivity (Wildman–Crippen MR) is 140 cm³/mol. The van der Waals surface area contributed by atoms with Gasteiger partial charge < -0.3 is 19.5 Å². The Morgan fingerprint density at radius 2 is 1.89 bits per heavy atom. The van der Waals surface area contributed by atoms with Crippen LogP contribution in [0.2, 0.25) is 0 Å². The fourth-order valence-corrected chi connectivity index (χ4v) is 5.15. The van der Waals surface area contributed by atoms with Crippen LogP contribution in [0.5, 0.6) is 11.5 Å². The summed E-state index contributed by atoms with van der Waals surface area (Å²) in [6.07, 6.45) is 1.74. The van der Waals surface area contributed by atoms with Gasteiger partial charge in [-0.1, -0.05) is 29.5 Å². The number of thiazole rings is 1. The molecule has 2 heterocycles. The van der Waals surface area contributed by atoms with Gasteiger partial charge in [-0.15, -0.1) is 0 Å². The van der Waals surface area contributed by atoms with Crippen molar-refractivity contribution >= 4 is 29.1 Å². The number of carbonyl (C=O) groups is 1. The predicted octanol–water partition coefficient (Wildman–Crippen LogP) is 2.97. The first-order chi connectivity index (χ1) is 17.2.